The molecule has 4 rings (SSSR count). The standard InChI is InChI=1S/C19H18N2O5/c1-24-19-12(8-5-9-13(19)22)15(20)16-14(17(19)23)18(21-26-16)25-10-11-6-3-2-4-7-11/h2-7,9,12,15H,8,10,20H2,1H3. The first-order chi connectivity index (χ1) is 12.6. The number of ether oxygens (including phenoxy) is 2. The highest BCUT2D eigenvalue weighted by molar-refractivity contribution is 6.23. The summed E-state index contributed by atoms with van der Waals surface area (Å²) in [5.74, 6) is -1.21. The molecule has 0 spiro atoms. The minimum Gasteiger partial charge on any atom is -0.470 e. The topological polar surface area (TPSA) is 105 Å². The number of benzene rings is 1. The maximum atomic E-state index is 13.2. The third kappa shape index (κ3) is 2.24. The minimum atomic E-state index is -1.66. The van der Waals surface area contributed by atoms with E-state index in [1.54, 1.807) is 6.08 Å². The molecule has 0 aliphatic heterocycles. The van der Waals surface area contributed by atoms with E-state index in [2.05, 4.69) is 5.16 Å². The molecule has 1 aromatic carbocycles. The fourth-order valence-corrected chi connectivity index (χ4v) is 3.74. The minimum absolute atomic E-state index is 0.0292. The van der Waals surface area contributed by atoms with Crippen molar-refractivity contribution in [2.75, 3.05) is 7.11 Å². The van der Waals surface area contributed by atoms with Gasteiger partial charge in [-0.3, -0.25) is 9.59 Å². The Morgan fingerprint density at radius 1 is 1.31 bits per heavy atom. The number of rotatable bonds is 4. The fourth-order valence-electron chi connectivity index (χ4n) is 3.74. The zero-order chi connectivity index (χ0) is 18.3. The summed E-state index contributed by atoms with van der Waals surface area (Å²) in [6.45, 7) is 0.208. The Balaban J connectivity index is 1.73. The molecule has 1 heterocycles. The molecule has 3 atom stereocenters. The highest BCUT2D eigenvalue weighted by atomic mass is 16.5. The molecule has 1 aromatic heterocycles. The predicted molar refractivity (Wildman–Crippen MR) is 90.5 cm³/mol. The molecule has 0 saturated carbocycles. The highest BCUT2D eigenvalue weighted by Crippen LogP contribution is 2.48. The molecule has 0 fully saturated rings. The van der Waals surface area contributed by atoms with Gasteiger partial charge in [-0.1, -0.05) is 36.4 Å². The number of carbonyl (C=O) groups is 2. The Bertz CT molecular complexity index is 889. The van der Waals surface area contributed by atoms with Crippen molar-refractivity contribution in [1.82, 2.24) is 5.16 Å². The Morgan fingerprint density at radius 2 is 2.08 bits per heavy atom. The van der Waals surface area contributed by atoms with Crippen molar-refractivity contribution in [1.29, 1.82) is 0 Å². The zero-order valence-electron chi connectivity index (χ0n) is 14.2. The zero-order valence-corrected chi connectivity index (χ0v) is 14.2. The van der Waals surface area contributed by atoms with Crippen LogP contribution in [0.5, 0.6) is 5.88 Å². The Labute approximate surface area is 149 Å². The largest absolute Gasteiger partial charge is 0.470 e. The van der Waals surface area contributed by atoms with E-state index in [4.69, 9.17) is 19.7 Å². The number of nitrogens with zero attached hydrogens (tertiary/aromatic N) is 1. The highest BCUT2D eigenvalue weighted by Gasteiger charge is 2.61. The molecular formula is C19H18N2O5. The molecule has 2 N–H and O–H groups in total. The number of Topliss-reactive ketones (excluding diaryl/α,β-unsaturated/α-hetero) is 1. The summed E-state index contributed by atoms with van der Waals surface area (Å²) in [6.07, 6.45) is 3.51. The van der Waals surface area contributed by atoms with Crippen molar-refractivity contribution in [3.05, 3.63) is 59.4 Å². The molecular weight excluding hydrogens is 336 g/mol. The smallest absolute Gasteiger partial charge is 0.265 e. The molecule has 3 unspecified atom stereocenters. The lowest BCUT2D eigenvalue weighted by molar-refractivity contribution is -0.139. The lowest BCUT2D eigenvalue weighted by Gasteiger charge is -2.42. The van der Waals surface area contributed by atoms with Crippen molar-refractivity contribution in [2.24, 2.45) is 11.7 Å². The third-order valence-electron chi connectivity index (χ3n) is 5.08. The van der Waals surface area contributed by atoms with Crippen molar-refractivity contribution in [3.8, 4) is 5.88 Å². The molecule has 7 nitrogen and oxygen atoms in total. The van der Waals surface area contributed by atoms with Crippen LogP contribution in [0.1, 0.15) is 34.1 Å². The average Bonchev–Trinajstić information content (AvgIpc) is 3.10. The van der Waals surface area contributed by atoms with E-state index in [1.807, 2.05) is 30.3 Å². The summed E-state index contributed by atoms with van der Waals surface area (Å²) in [7, 11) is 1.34. The van der Waals surface area contributed by atoms with E-state index in [0.29, 0.717) is 6.42 Å². The van der Waals surface area contributed by atoms with E-state index in [1.165, 1.54) is 13.2 Å². The van der Waals surface area contributed by atoms with Crippen LogP contribution in [0.25, 0.3) is 0 Å². The quantitative estimate of drug-likeness (QED) is 0.837. The van der Waals surface area contributed by atoms with Gasteiger partial charge in [-0.15, -0.1) is 0 Å². The number of ketones is 2. The van der Waals surface area contributed by atoms with Gasteiger partial charge in [0.15, 0.2) is 17.1 Å². The monoisotopic (exact) mass is 354 g/mol. The van der Waals surface area contributed by atoms with Gasteiger partial charge in [-0.05, 0) is 23.2 Å². The van der Waals surface area contributed by atoms with Crippen molar-refractivity contribution in [2.45, 2.75) is 24.7 Å². The Morgan fingerprint density at radius 3 is 2.81 bits per heavy atom. The summed E-state index contributed by atoms with van der Waals surface area (Å²) >= 11 is 0. The third-order valence-corrected chi connectivity index (χ3v) is 5.08. The van der Waals surface area contributed by atoms with Gasteiger partial charge in [0.05, 0.1) is 6.04 Å². The van der Waals surface area contributed by atoms with Crippen LogP contribution in [0.3, 0.4) is 0 Å². The number of carbonyl (C=O) groups excluding carboxylic acids is 2. The first-order valence-electron chi connectivity index (χ1n) is 8.32. The SMILES string of the molecule is COC12C(=O)C=CCC1C(N)c1onc(OCc3ccccc3)c1C2=O. The van der Waals surface area contributed by atoms with Crippen LogP contribution in [-0.2, 0) is 16.1 Å². The summed E-state index contributed by atoms with van der Waals surface area (Å²) < 4.78 is 16.5. The van der Waals surface area contributed by atoms with Gasteiger partial charge in [-0.25, -0.2) is 0 Å². The van der Waals surface area contributed by atoms with Crippen LogP contribution >= 0.6 is 0 Å². The van der Waals surface area contributed by atoms with Gasteiger partial charge < -0.3 is 19.7 Å². The van der Waals surface area contributed by atoms with Crippen LogP contribution in [0.15, 0.2) is 47.0 Å². The van der Waals surface area contributed by atoms with Gasteiger partial charge in [0.1, 0.15) is 12.2 Å². The molecule has 2 aliphatic carbocycles. The van der Waals surface area contributed by atoms with Crippen LogP contribution in [0.4, 0.5) is 0 Å². The number of fused-ring (bicyclic) bond motifs is 2. The Hall–Kier alpha value is -2.77. The van der Waals surface area contributed by atoms with Crippen molar-refractivity contribution < 1.29 is 23.6 Å². The second-order valence-corrected chi connectivity index (χ2v) is 6.40. The van der Waals surface area contributed by atoms with E-state index < -0.39 is 29.1 Å². The molecule has 0 saturated heterocycles. The van der Waals surface area contributed by atoms with Crippen molar-refractivity contribution >= 4 is 11.6 Å². The van der Waals surface area contributed by atoms with Gasteiger partial charge in [0.2, 0.25) is 5.78 Å². The van der Waals surface area contributed by atoms with Crippen LogP contribution < -0.4 is 10.5 Å². The predicted octanol–water partition coefficient (Wildman–Crippen LogP) is 1.98. The number of methoxy groups -OCH3 is 1. The Kier molecular flexibility index (Phi) is 3.97. The molecule has 26 heavy (non-hydrogen) atoms. The number of aromatic nitrogens is 1. The molecule has 0 bridgehead atoms. The lowest BCUT2D eigenvalue weighted by Crippen LogP contribution is -2.60. The van der Waals surface area contributed by atoms with Gasteiger partial charge in [-0.2, -0.15) is 0 Å². The summed E-state index contributed by atoms with van der Waals surface area (Å²) in [6, 6.07) is 8.75. The number of allylic oxidation sites excluding steroid dienone is 1. The molecule has 0 radical (unpaired) electrons. The summed E-state index contributed by atoms with van der Waals surface area (Å²) in [5.41, 5.74) is 5.65. The van der Waals surface area contributed by atoms with Crippen LogP contribution in [0.2, 0.25) is 0 Å². The van der Waals surface area contributed by atoms with E-state index >= 15 is 0 Å². The molecule has 134 valence electrons. The number of nitrogens with two attached hydrogens (primary N) is 1. The van der Waals surface area contributed by atoms with Crippen LogP contribution in [0, 0.1) is 5.92 Å². The van der Waals surface area contributed by atoms with E-state index in [9.17, 15) is 9.59 Å². The molecule has 2 aromatic rings. The first-order valence-corrected chi connectivity index (χ1v) is 8.32. The second kappa shape index (κ2) is 6.19. The van der Waals surface area contributed by atoms with E-state index in [0.717, 1.165) is 5.56 Å². The average molecular weight is 354 g/mol. The van der Waals surface area contributed by atoms with Gasteiger partial charge >= 0.3 is 0 Å². The molecule has 7 heteroatoms. The van der Waals surface area contributed by atoms with E-state index in [-0.39, 0.29) is 23.8 Å². The number of hydrogen-bond acceptors (Lipinski definition) is 7. The summed E-state index contributed by atoms with van der Waals surface area (Å²) in [5, 5.41) is 3.88. The molecule has 0 amide bonds. The van der Waals surface area contributed by atoms with Crippen LogP contribution in [-0.4, -0.2) is 29.4 Å². The molecule has 2 aliphatic rings. The van der Waals surface area contributed by atoms with Crippen molar-refractivity contribution in [3.63, 3.8) is 0 Å². The fraction of sp³-hybridized carbons (Fsp3) is 0.316. The van der Waals surface area contributed by atoms with Gasteiger partial charge in [0, 0.05) is 13.0 Å². The second-order valence-electron chi connectivity index (χ2n) is 6.40. The maximum Gasteiger partial charge on any atom is 0.265 e. The lowest BCUT2D eigenvalue weighted by atomic mass is 9.65. The van der Waals surface area contributed by atoms with Gasteiger partial charge in [0.25, 0.3) is 5.88 Å². The normalized spacial score (nSPS) is 27.2. The summed E-state index contributed by atoms with van der Waals surface area (Å²) in [4.78, 5) is 25.8. The maximum absolute atomic E-state index is 13.2. The number of hydrogen-bond donors (Lipinski definition) is 1. The first kappa shape index (κ1) is 16.7.